The summed E-state index contributed by atoms with van der Waals surface area (Å²) in [6.07, 6.45) is -0.238. The Kier molecular flexibility index (Phi) is 5.49. The van der Waals surface area contributed by atoms with Crippen LogP contribution in [0.4, 0.5) is 4.39 Å². The summed E-state index contributed by atoms with van der Waals surface area (Å²) >= 11 is 0. The van der Waals surface area contributed by atoms with Crippen LogP contribution in [0.15, 0.2) is 28.8 Å². The molecule has 6 nitrogen and oxygen atoms in total. The van der Waals surface area contributed by atoms with Crippen molar-refractivity contribution in [2.45, 2.75) is 12.7 Å². The molecule has 1 aliphatic heterocycles. The van der Waals surface area contributed by atoms with Crippen LogP contribution in [0.3, 0.4) is 0 Å². The van der Waals surface area contributed by atoms with Crippen LogP contribution >= 0.6 is 12.4 Å². The number of nitrogens with zero attached hydrogens (tertiary/aromatic N) is 2. The maximum atomic E-state index is 13.4. The zero-order chi connectivity index (χ0) is 13.8. The number of nitrogens with one attached hydrogen (secondary N) is 1. The molecule has 1 atom stereocenters. The van der Waals surface area contributed by atoms with Crippen molar-refractivity contribution in [3.63, 3.8) is 0 Å². The molecule has 0 amide bonds. The number of benzene rings is 1. The van der Waals surface area contributed by atoms with Gasteiger partial charge in [-0.2, -0.15) is 4.98 Å². The van der Waals surface area contributed by atoms with Crippen molar-refractivity contribution in [3.05, 3.63) is 41.8 Å². The van der Waals surface area contributed by atoms with Crippen LogP contribution in [-0.2, 0) is 11.3 Å². The van der Waals surface area contributed by atoms with E-state index >= 15 is 0 Å². The molecule has 0 saturated carbocycles. The maximum Gasteiger partial charge on any atom is 0.257 e. The normalized spacial score (nSPS) is 18.0. The van der Waals surface area contributed by atoms with Crippen LogP contribution in [0.25, 0.3) is 0 Å². The smallest absolute Gasteiger partial charge is 0.257 e. The number of hydrogen-bond acceptors (Lipinski definition) is 6. The minimum Gasteiger partial charge on any atom is -0.482 e. The molecule has 114 valence electrons. The maximum absolute atomic E-state index is 13.4. The predicted molar refractivity (Wildman–Crippen MR) is 73.8 cm³/mol. The molecule has 1 saturated heterocycles. The van der Waals surface area contributed by atoms with Crippen molar-refractivity contribution in [1.29, 1.82) is 0 Å². The summed E-state index contributed by atoms with van der Waals surface area (Å²) in [7, 11) is 0. The van der Waals surface area contributed by atoms with E-state index in [1.54, 1.807) is 18.2 Å². The fourth-order valence-electron chi connectivity index (χ4n) is 1.89. The lowest BCUT2D eigenvalue weighted by Gasteiger charge is -2.19. The van der Waals surface area contributed by atoms with Gasteiger partial charge in [-0.25, -0.2) is 4.39 Å². The molecular weight excluding hydrogens is 301 g/mol. The summed E-state index contributed by atoms with van der Waals surface area (Å²) in [4.78, 5) is 4.19. The molecule has 8 heteroatoms. The van der Waals surface area contributed by atoms with Gasteiger partial charge in [0.25, 0.3) is 5.89 Å². The Hall–Kier alpha value is -1.70. The molecule has 0 radical (unpaired) electrons. The molecule has 1 fully saturated rings. The largest absolute Gasteiger partial charge is 0.482 e. The fourth-order valence-corrected chi connectivity index (χ4v) is 1.89. The van der Waals surface area contributed by atoms with E-state index in [4.69, 9.17) is 14.0 Å². The van der Waals surface area contributed by atoms with E-state index in [0.717, 1.165) is 6.54 Å². The van der Waals surface area contributed by atoms with Crippen molar-refractivity contribution in [1.82, 2.24) is 15.5 Å². The first-order valence-electron chi connectivity index (χ1n) is 6.35. The molecule has 21 heavy (non-hydrogen) atoms. The summed E-state index contributed by atoms with van der Waals surface area (Å²) in [6.45, 7) is 2.10. The van der Waals surface area contributed by atoms with E-state index in [0.29, 0.717) is 24.9 Å². The molecule has 2 aromatic rings. The van der Waals surface area contributed by atoms with Gasteiger partial charge in [0, 0.05) is 13.1 Å². The van der Waals surface area contributed by atoms with Crippen molar-refractivity contribution in [2.24, 2.45) is 0 Å². The van der Waals surface area contributed by atoms with Crippen LogP contribution in [0, 0.1) is 5.82 Å². The second-order valence-electron chi connectivity index (χ2n) is 4.33. The van der Waals surface area contributed by atoms with E-state index in [2.05, 4.69) is 15.5 Å². The number of hydrogen-bond donors (Lipinski definition) is 1. The van der Waals surface area contributed by atoms with Crippen LogP contribution in [-0.4, -0.2) is 29.8 Å². The number of para-hydroxylation sites is 1. The Morgan fingerprint density at radius 1 is 1.38 bits per heavy atom. The highest BCUT2D eigenvalue weighted by Crippen LogP contribution is 2.19. The van der Waals surface area contributed by atoms with Gasteiger partial charge < -0.3 is 19.3 Å². The summed E-state index contributed by atoms with van der Waals surface area (Å²) in [5.41, 5.74) is 0. The molecule has 2 heterocycles. The topological polar surface area (TPSA) is 69.4 Å². The van der Waals surface area contributed by atoms with Crippen LogP contribution in [0.2, 0.25) is 0 Å². The average molecular weight is 316 g/mol. The Labute approximate surface area is 127 Å². The van der Waals surface area contributed by atoms with E-state index in [1.807, 2.05) is 0 Å². The lowest BCUT2D eigenvalue weighted by atomic mass is 10.3. The number of rotatable bonds is 4. The molecule has 0 unspecified atom stereocenters. The van der Waals surface area contributed by atoms with Crippen molar-refractivity contribution in [3.8, 4) is 5.75 Å². The molecule has 0 aliphatic carbocycles. The van der Waals surface area contributed by atoms with E-state index < -0.39 is 5.82 Å². The molecule has 3 rings (SSSR count). The van der Waals surface area contributed by atoms with Crippen molar-refractivity contribution in [2.75, 3.05) is 19.7 Å². The number of halogens is 2. The third kappa shape index (κ3) is 3.90. The Morgan fingerprint density at radius 2 is 2.24 bits per heavy atom. The Balaban J connectivity index is 0.00000161. The van der Waals surface area contributed by atoms with Gasteiger partial charge in [0.1, 0.15) is 6.10 Å². The lowest BCUT2D eigenvalue weighted by Crippen LogP contribution is -2.33. The Morgan fingerprint density at radius 3 is 3.00 bits per heavy atom. The summed E-state index contributed by atoms with van der Waals surface area (Å²) in [5, 5.41) is 6.97. The second kappa shape index (κ2) is 7.35. The van der Waals surface area contributed by atoms with Gasteiger partial charge in [0.15, 0.2) is 18.2 Å². The average Bonchev–Trinajstić information content (AvgIpc) is 2.96. The predicted octanol–water partition coefficient (Wildman–Crippen LogP) is 1.87. The quantitative estimate of drug-likeness (QED) is 0.929. The number of morpholine rings is 1. The third-order valence-electron chi connectivity index (χ3n) is 2.88. The zero-order valence-corrected chi connectivity index (χ0v) is 11.9. The zero-order valence-electron chi connectivity index (χ0n) is 11.1. The van der Waals surface area contributed by atoms with Crippen LogP contribution < -0.4 is 10.1 Å². The van der Waals surface area contributed by atoms with Gasteiger partial charge in [0.05, 0.1) is 6.61 Å². The molecule has 1 N–H and O–H groups in total. The minimum absolute atomic E-state index is 0. The van der Waals surface area contributed by atoms with E-state index in [-0.39, 0.29) is 30.9 Å². The molecule has 1 aromatic carbocycles. The van der Waals surface area contributed by atoms with E-state index in [9.17, 15) is 4.39 Å². The molecule has 1 aromatic heterocycles. The number of ether oxygens (including phenoxy) is 2. The summed E-state index contributed by atoms with van der Waals surface area (Å²) in [6, 6.07) is 6.17. The van der Waals surface area contributed by atoms with Crippen molar-refractivity contribution < 1.29 is 18.4 Å². The second-order valence-corrected chi connectivity index (χ2v) is 4.33. The first-order chi connectivity index (χ1) is 9.83. The number of aromatic nitrogens is 2. The summed E-state index contributed by atoms with van der Waals surface area (Å²) in [5.74, 6) is 0.507. The van der Waals surface area contributed by atoms with Gasteiger partial charge in [0.2, 0.25) is 5.82 Å². The first kappa shape index (κ1) is 15.7. The fraction of sp³-hybridized carbons (Fsp3) is 0.385. The highest BCUT2D eigenvalue weighted by Gasteiger charge is 2.22. The summed E-state index contributed by atoms with van der Waals surface area (Å²) < 4.78 is 29.3. The molecule has 1 aliphatic rings. The van der Waals surface area contributed by atoms with Gasteiger partial charge >= 0.3 is 0 Å². The Bertz CT molecular complexity index is 575. The van der Waals surface area contributed by atoms with Crippen molar-refractivity contribution >= 4 is 12.4 Å². The molecule has 0 bridgehead atoms. The first-order valence-corrected chi connectivity index (χ1v) is 6.35. The highest BCUT2D eigenvalue weighted by molar-refractivity contribution is 5.85. The standard InChI is InChI=1S/C13H14FN3O3.ClH/c14-9-3-1-2-4-10(9)19-8-12-16-13(20-17-12)11-7-15-5-6-18-11;/h1-4,11,15H,5-8H2;1H/t11-;/m0./s1. The molecule has 0 spiro atoms. The van der Waals surface area contributed by atoms with Gasteiger partial charge in [-0.3, -0.25) is 0 Å². The van der Waals surface area contributed by atoms with E-state index in [1.165, 1.54) is 6.07 Å². The monoisotopic (exact) mass is 315 g/mol. The molecular formula is C13H15ClFN3O3. The van der Waals surface area contributed by atoms with Crippen LogP contribution in [0.1, 0.15) is 17.8 Å². The van der Waals surface area contributed by atoms with Crippen LogP contribution in [0.5, 0.6) is 5.75 Å². The van der Waals surface area contributed by atoms with Gasteiger partial charge in [-0.15, -0.1) is 12.4 Å². The third-order valence-corrected chi connectivity index (χ3v) is 2.88. The minimum atomic E-state index is -0.420. The van der Waals surface area contributed by atoms with Gasteiger partial charge in [-0.05, 0) is 12.1 Å². The highest BCUT2D eigenvalue weighted by atomic mass is 35.5. The SMILES string of the molecule is Cl.Fc1ccccc1OCc1noc([C@@H]2CNCCO2)n1. The lowest BCUT2D eigenvalue weighted by molar-refractivity contribution is 0.00755. The van der Waals surface area contributed by atoms with Gasteiger partial charge in [-0.1, -0.05) is 17.3 Å².